The van der Waals surface area contributed by atoms with E-state index in [1.54, 1.807) is 24.3 Å². The van der Waals surface area contributed by atoms with Crippen LogP contribution in [0.15, 0.2) is 115 Å². The minimum atomic E-state index is -4.93. The van der Waals surface area contributed by atoms with E-state index >= 15 is 0 Å². The Balaban J connectivity index is 0.000000400. The Morgan fingerprint density at radius 3 is 1.34 bits per heavy atom. The van der Waals surface area contributed by atoms with E-state index in [1.807, 2.05) is 0 Å². The van der Waals surface area contributed by atoms with Crippen LogP contribution in [0, 0.1) is 20.2 Å². The van der Waals surface area contributed by atoms with Crippen molar-refractivity contribution < 1.29 is 55.0 Å². The molecule has 2 unspecified atom stereocenters. The number of halogens is 2. The number of carbonyl (C=O) groups excluding carboxylic acids is 4. The molecule has 0 heterocycles. The van der Waals surface area contributed by atoms with Crippen LogP contribution in [-0.4, -0.2) is 109 Å². The van der Waals surface area contributed by atoms with Crippen LogP contribution in [0.2, 0.25) is 10.0 Å². The maximum atomic E-state index is 12.3. The van der Waals surface area contributed by atoms with Crippen molar-refractivity contribution in [3.63, 3.8) is 0 Å². The molecule has 0 fully saturated rings. The molecule has 0 saturated carbocycles. The van der Waals surface area contributed by atoms with Crippen LogP contribution in [0.25, 0.3) is 0 Å². The van der Waals surface area contributed by atoms with E-state index in [0.29, 0.717) is 12.1 Å². The maximum absolute atomic E-state index is 12.3. The fourth-order valence-corrected chi connectivity index (χ4v) is 5.55. The number of rotatable bonds is 14. The second kappa shape index (κ2) is 21.7. The average Bonchev–Trinajstić information content (AvgIpc) is 3.12. The van der Waals surface area contributed by atoms with Gasteiger partial charge < -0.3 is 15.2 Å². The normalized spacial score (nSPS) is 12.3. The van der Waals surface area contributed by atoms with Crippen LogP contribution in [0.3, 0.4) is 0 Å². The number of amides is 2. The number of hydrogen-bond donors (Lipinski definition) is 3. The summed E-state index contributed by atoms with van der Waals surface area (Å²) in [5.41, 5.74) is -2.05. The van der Waals surface area contributed by atoms with Gasteiger partial charge in [-0.3, -0.25) is 44.0 Å². The van der Waals surface area contributed by atoms with Gasteiger partial charge in [-0.2, -0.15) is 18.6 Å². The maximum Gasteiger partial charge on any atom is 2.00 e. The smallest absolute Gasteiger partial charge is 0.744 e. The predicted octanol–water partition coefficient (Wildman–Crippen LogP) is 5.63. The molecule has 4 aromatic carbocycles. The van der Waals surface area contributed by atoms with Crippen LogP contribution in [0.4, 0.5) is 34.1 Å². The van der Waals surface area contributed by atoms with Gasteiger partial charge in [-0.25, -0.2) is 8.42 Å². The van der Waals surface area contributed by atoms with Crippen molar-refractivity contribution in [2.24, 2.45) is 20.5 Å². The molecular formula is C32H25CaCl2N8O14S2+. The van der Waals surface area contributed by atoms with Gasteiger partial charge in [0.2, 0.25) is 12.1 Å². The number of nitrogens with one attached hydrogen (secondary N) is 2. The number of hydrogen-bond acceptors (Lipinski definition) is 17. The number of para-hydroxylation sites is 2. The molecule has 304 valence electrons. The van der Waals surface area contributed by atoms with Crippen molar-refractivity contribution in [2.45, 2.75) is 35.7 Å². The molecule has 27 heteroatoms. The Morgan fingerprint density at radius 1 is 0.661 bits per heavy atom. The van der Waals surface area contributed by atoms with Crippen molar-refractivity contribution in [2.75, 3.05) is 10.6 Å². The number of nitrogens with zero attached hydrogens (tertiary/aromatic N) is 6. The molecule has 22 nitrogen and oxygen atoms in total. The average molecular weight is 921 g/mol. The monoisotopic (exact) mass is 919 g/mol. The second-order valence-electron chi connectivity index (χ2n) is 11.1. The van der Waals surface area contributed by atoms with Crippen molar-refractivity contribution in [1.29, 1.82) is 0 Å². The number of carbonyl (C=O) groups is 4. The molecule has 0 aromatic heterocycles. The molecule has 4 rings (SSSR count). The minimum absolute atomic E-state index is 0. The van der Waals surface area contributed by atoms with E-state index in [0.717, 1.165) is 38.1 Å². The first-order valence-corrected chi connectivity index (χ1v) is 19.0. The summed E-state index contributed by atoms with van der Waals surface area (Å²) in [6, 6.07) is 13.7. The number of benzene rings is 4. The number of nitro benzene ring substituents is 2. The van der Waals surface area contributed by atoms with E-state index in [4.69, 9.17) is 27.8 Å². The third-order valence-corrected chi connectivity index (χ3v) is 9.31. The quantitative estimate of drug-likeness (QED) is 0.0345. The zero-order valence-electron chi connectivity index (χ0n) is 30.0. The topological polar surface area (TPSA) is 340 Å². The van der Waals surface area contributed by atoms with Crippen LogP contribution in [0.5, 0.6) is 0 Å². The van der Waals surface area contributed by atoms with Gasteiger partial charge in [-0.15, -0.1) is 10.2 Å². The molecule has 3 N–H and O–H groups in total. The van der Waals surface area contributed by atoms with E-state index in [9.17, 15) is 60.8 Å². The Bertz CT molecular complexity index is 2420. The Labute approximate surface area is 372 Å². The van der Waals surface area contributed by atoms with E-state index in [-0.39, 0.29) is 59.2 Å². The first-order valence-electron chi connectivity index (χ1n) is 15.4. The molecule has 0 aliphatic rings. The Kier molecular flexibility index (Phi) is 18.4. The third kappa shape index (κ3) is 14.6. The van der Waals surface area contributed by atoms with E-state index in [1.165, 1.54) is 24.3 Å². The Morgan fingerprint density at radius 2 is 1.02 bits per heavy atom. The number of ketones is 2. The zero-order chi connectivity index (χ0) is 43.5. The summed E-state index contributed by atoms with van der Waals surface area (Å²) in [6.07, 6.45) is 0. The molecule has 2 atom stereocenters. The molecule has 0 aliphatic heterocycles. The summed E-state index contributed by atoms with van der Waals surface area (Å²) >= 11 is 11.9. The second-order valence-corrected chi connectivity index (χ2v) is 14.8. The summed E-state index contributed by atoms with van der Waals surface area (Å²) in [5.74, 6) is -3.16. The molecule has 2 amide bonds. The largest absolute Gasteiger partial charge is 2.00 e. The molecule has 0 radical (unpaired) electrons. The molecule has 0 spiro atoms. The van der Waals surface area contributed by atoms with Crippen LogP contribution < -0.4 is 10.6 Å². The van der Waals surface area contributed by atoms with Crippen LogP contribution in [0.1, 0.15) is 13.8 Å². The standard InChI is InChI=1S/2C16H13ClN4O7S.Ca/c2*1-9(22)15(16(23)18-12-5-3-2-4-11(12)17)20-19-13-7-6-10(29(26,27)28)8-14(13)21(24)25;/h2*2-8,15H,1H3,(H,18,23)(H,26,27,28);/q;;+2/p-1. The summed E-state index contributed by atoms with van der Waals surface area (Å²) in [7, 11) is -9.61. The number of anilines is 2. The van der Waals surface area contributed by atoms with E-state index < -0.39 is 98.1 Å². The molecule has 0 saturated heterocycles. The number of Topliss-reactive ketones (excluding diaryl/α,β-unsaturated/α-hetero) is 2. The van der Waals surface area contributed by atoms with Gasteiger partial charge in [-0.1, -0.05) is 47.5 Å². The fraction of sp³-hybridized carbons (Fsp3) is 0.125. The third-order valence-electron chi connectivity index (χ3n) is 6.97. The van der Waals surface area contributed by atoms with Crippen molar-refractivity contribution >= 4 is 139 Å². The number of nitro groups is 2. The van der Waals surface area contributed by atoms with Crippen LogP contribution in [-0.2, 0) is 39.4 Å². The summed E-state index contributed by atoms with van der Waals surface area (Å²) in [4.78, 5) is 67.1. The zero-order valence-corrected chi connectivity index (χ0v) is 35.3. The first kappa shape index (κ1) is 50.0. The van der Waals surface area contributed by atoms with Crippen molar-refractivity contribution in [1.82, 2.24) is 0 Å². The van der Waals surface area contributed by atoms with Gasteiger partial charge in [0.25, 0.3) is 33.3 Å². The van der Waals surface area contributed by atoms with E-state index in [2.05, 4.69) is 31.1 Å². The van der Waals surface area contributed by atoms with Gasteiger partial charge in [0.1, 0.15) is 15.0 Å². The predicted molar refractivity (Wildman–Crippen MR) is 208 cm³/mol. The van der Waals surface area contributed by atoms with Gasteiger partial charge >= 0.3 is 37.7 Å². The summed E-state index contributed by atoms with van der Waals surface area (Å²) < 4.78 is 64.3. The fourth-order valence-electron chi connectivity index (χ4n) is 4.19. The van der Waals surface area contributed by atoms with Gasteiger partial charge in [0, 0.05) is 12.1 Å². The van der Waals surface area contributed by atoms with Crippen molar-refractivity contribution in [3.8, 4) is 0 Å². The SMILES string of the molecule is CC(=O)C(N=Nc1ccc(S(=O)(=O)O)cc1[N+](=O)[O-])C(=O)Nc1ccccc1Cl.CC(=O)C(N=Nc1ccc(S(=O)(=O)[O-])cc1[N+](=O)[O-])C(=O)Nc1ccccc1Cl.[Ca+2]. The minimum Gasteiger partial charge on any atom is -0.744 e. The van der Waals surface area contributed by atoms with Gasteiger partial charge in [-0.05, 0) is 62.4 Å². The van der Waals surface area contributed by atoms with Crippen LogP contribution >= 0.6 is 23.2 Å². The molecule has 59 heavy (non-hydrogen) atoms. The molecular weight excluding hydrogens is 896 g/mol. The van der Waals surface area contributed by atoms with Gasteiger partial charge in [0.05, 0.1) is 36.2 Å². The molecule has 4 aromatic rings. The summed E-state index contributed by atoms with van der Waals surface area (Å²) in [6.45, 7) is 2.14. The number of azo groups is 2. The molecule has 0 aliphatic carbocycles. The Hall–Kier alpha value is -5.18. The van der Waals surface area contributed by atoms with Gasteiger partial charge in [0.15, 0.2) is 22.9 Å². The first-order chi connectivity index (χ1) is 27.0. The summed E-state index contributed by atoms with van der Waals surface area (Å²) in [5, 5.41) is 41.7. The van der Waals surface area contributed by atoms with Crippen molar-refractivity contribution in [3.05, 3.63) is 115 Å². The molecule has 0 bridgehead atoms.